The van der Waals surface area contributed by atoms with Crippen molar-refractivity contribution in [2.24, 2.45) is 0 Å². The Kier molecular flexibility index (Phi) is 2.52. The SMILES string of the molecule is Cc1ccnc2c3c(C(C)C)cccc3n3ccnc3c12. The Bertz CT molecular complexity index is 980. The van der Waals surface area contributed by atoms with Gasteiger partial charge in [-0.1, -0.05) is 26.0 Å². The molecule has 0 fully saturated rings. The minimum atomic E-state index is 0.459. The van der Waals surface area contributed by atoms with Crippen molar-refractivity contribution in [1.82, 2.24) is 14.4 Å². The van der Waals surface area contributed by atoms with E-state index in [1.807, 2.05) is 18.6 Å². The molecule has 0 bridgehead atoms. The van der Waals surface area contributed by atoms with Crippen LogP contribution < -0.4 is 0 Å². The number of aryl methyl sites for hydroxylation is 1. The summed E-state index contributed by atoms with van der Waals surface area (Å²) in [4.78, 5) is 9.24. The number of aromatic nitrogens is 3. The molecule has 1 aromatic carbocycles. The fourth-order valence-electron chi connectivity index (χ4n) is 3.21. The first-order chi connectivity index (χ1) is 10.2. The number of imidazole rings is 1. The van der Waals surface area contributed by atoms with E-state index in [2.05, 4.69) is 59.4 Å². The average Bonchev–Trinajstić information content (AvgIpc) is 2.96. The molecule has 0 saturated heterocycles. The van der Waals surface area contributed by atoms with Gasteiger partial charge in [-0.25, -0.2) is 4.98 Å². The molecule has 3 nitrogen and oxygen atoms in total. The molecule has 4 aromatic rings. The quantitative estimate of drug-likeness (QED) is 0.480. The Labute approximate surface area is 123 Å². The number of hydrogen-bond acceptors (Lipinski definition) is 2. The Morgan fingerprint density at radius 2 is 1.86 bits per heavy atom. The van der Waals surface area contributed by atoms with Crippen molar-refractivity contribution >= 4 is 27.5 Å². The highest BCUT2D eigenvalue weighted by Crippen LogP contribution is 2.34. The number of fused-ring (bicyclic) bond motifs is 6. The smallest absolute Gasteiger partial charge is 0.146 e. The molecule has 0 atom stereocenters. The number of nitrogens with zero attached hydrogens (tertiary/aromatic N) is 3. The van der Waals surface area contributed by atoms with Crippen molar-refractivity contribution in [3.05, 3.63) is 54.0 Å². The van der Waals surface area contributed by atoms with Crippen LogP contribution >= 0.6 is 0 Å². The zero-order valence-electron chi connectivity index (χ0n) is 12.5. The van der Waals surface area contributed by atoms with Crippen molar-refractivity contribution in [1.29, 1.82) is 0 Å². The molecule has 0 aliphatic heterocycles. The molecule has 3 heteroatoms. The Hall–Kier alpha value is -2.42. The predicted octanol–water partition coefficient (Wildman–Crippen LogP) is 4.47. The first-order valence-corrected chi connectivity index (χ1v) is 7.31. The summed E-state index contributed by atoms with van der Waals surface area (Å²) in [6.45, 7) is 6.59. The summed E-state index contributed by atoms with van der Waals surface area (Å²) in [7, 11) is 0. The molecule has 0 unspecified atom stereocenters. The van der Waals surface area contributed by atoms with E-state index >= 15 is 0 Å². The second kappa shape index (κ2) is 4.29. The van der Waals surface area contributed by atoms with E-state index < -0.39 is 0 Å². The van der Waals surface area contributed by atoms with Crippen LogP contribution in [0.5, 0.6) is 0 Å². The lowest BCUT2D eigenvalue weighted by molar-refractivity contribution is 0.876. The zero-order chi connectivity index (χ0) is 14.6. The van der Waals surface area contributed by atoms with Crippen LogP contribution in [0.3, 0.4) is 0 Å². The van der Waals surface area contributed by atoms with Gasteiger partial charge >= 0.3 is 0 Å². The lowest BCUT2D eigenvalue weighted by atomic mass is 9.95. The molecule has 3 heterocycles. The van der Waals surface area contributed by atoms with Crippen molar-refractivity contribution in [2.45, 2.75) is 26.7 Å². The first-order valence-electron chi connectivity index (χ1n) is 7.31. The number of hydrogen-bond donors (Lipinski definition) is 0. The van der Waals surface area contributed by atoms with Crippen LogP contribution in [0.25, 0.3) is 27.5 Å². The van der Waals surface area contributed by atoms with Gasteiger partial charge in [0.25, 0.3) is 0 Å². The molecule has 21 heavy (non-hydrogen) atoms. The molecule has 0 aliphatic rings. The fourth-order valence-corrected chi connectivity index (χ4v) is 3.21. The van der Waals surface area contributed by atoms with Gasteiger partial charge in [0.2, 0.25) is 0 Å². The summed E-state index contributed by atoms with van der Waals surface area (Å²) < 4.78 is 2.18. The minimum Gasteiger partial charge on any atom is -0.299 e. The van der Waals surface area contributed by atoms with Crippen molar-refractivity contribution in [3.8, 4) is 0 Å². The third kappa shape index (κ3) is 1.60. The molecule has 3 aromatic heterocycles. The van der Waals surface area contributed by atoms with Crippen molar-refractivity contribution < 1.29 is 0 Å². The topological polar surface area (TPSA) is 30.2 Å². The van der Waals surface area contributed by atoms with Crippen molar-refractivity contribution in [3.63, 3.8) is 0 Å². The van der Waals surface area contributed by atoms with E-state index in [0.29, 0.717) is 5.92 Å². The molecule has 0 amide bonds. The summed E-state index contributed by atoms with van der Waals surface area (Å²) in [6, 6.07) is 8.54. The molecule has 0 radical (unpaired) electrons. The summed E-state index contributed by atoms with van der Waals surface area (Å²) in [5.41, 5.74) is 5.79. The molecule has 0 spiro atoms. The van der Waals surface area contributed by atoms with E-state index in [1.165, 1.54) is 22.0 Å². The number of pyridine rings is 2. The summed E-state index contributed by atoms with van der Waals surface area (Å²) in [6.07, 6.45) is 5.80. The molecule has 4 rings (SSSR count). The van der Waals surface area contributed by atoms with Crippen LogP contribution in [-0.4, -0.2) is 14.4 Å². The second-order valence-electron chi connectivity index (χ2n) is 5.87. The van der Waals surface area contributed by atoms with E-state index in [4.69, 9.17) is 0 Å². The minimum absolute atomic E-state index is 0.459. The average molecular weight is 275 g/mol. The normalized spacial score (nSPS) is 12.0. The molecule has 104 valence electrons. The zero-order valence-corrected chi connectivity index (χ0v) is 12.5. The van der Waals surface area contributed by atoms with Crippen LogP contribution in [0.1, 0.15) is 30.9 Å². The summed E-state index contributed by atoms with van der Waals surface area (Å²) >= 11 is 0. The fraction of sp³-hybridized carbons (Fsp3) is 0.222. The van der Waals surface area contributed by atoms with Gasteiger partial charge in [-0.05, 0) is 36.1 Å². The van der Waals surface area contributed by atoms with Crippen LogP contribution in [0.15, 0.2) is 42.9 Å². The Morgan fingerprint density at radius 1 is 1.00 bits per heavy atom. The van der Waals surface area contributed by atoms with E-state index in [1.54, 1.807) is 0 Å². The van der Waals surface area contributed by atoms with E-state index in [0.717, 1.165) is 16.6 Å². The van der Waals surface area contributed by atoms with Crippen LogP contribution in [0.4, 0.5) is 0 Å². The maximum Gasteiger partial charge on any atom is 0.146 e. The number of benzene rings is 1. The first kappa shape index (κ1) is 12.3. The molecular formula is C18H17N3. The van der Waals surface area contributed by atoms with Gasteiger partial charge in [0.15, 0.2) is 0 Å². The predicted molar refractivity (Wildman–Crippen MR) is 86.8 cm³/mol. The Morgan fingerprint density at radius 3 is 2.67 bits per heavy atom. The van der Waals surface area contributed by atoms with E-state index in [9.17, 15) is 0 Å². The maximum absolute atomic E-state index is 4.69. The van der Waals surface area contributed by atoms with Gasteiger partial charge in [0, 0.05) is 29.4 Å². The highest BCUT2D eigenvalue weighted by molar-refractivity contribution is 6.12. The summed E-state index contributed by atoms with van der Waals surface area (Å²) in [5, 5.41) is 2.40. The van der Waals surface area contributed by atoms with Crippen LogP contribution in [0, 0.1) is 6.92 Å². The van der Waals surface area contributed by atoms with Gasteiger partial charge in [-0.2, -0.15) is 0 Å². The third-order valence-corrected chi connectivity index (χ3v) is 4.22. The maximum atomic E-state index is 4.69. The molecular weight excluding hydrogens is 258 g/mol. The van der Waals surface area contributed by atoms with Crippen LogP contribution in [0.2, 0.25) is 0 Å². The van der Waals surface area contributed by atoms with Gasteiger partial charge < -0.3 is 0 Å². The molecule has 0 aliphatic carbocycles. The highest BCUT2D eigenvalue weighted by Gasteiger charge is 2.15. The van der Waals surface area contributed by atoms with Gasteiger partial charge in [-0.3, -0.25) is 9.38 Å². The highest BCUT2D eigenvalue weighted by atomic mass is 15.0. The summed E-state index contributed by atoms with van der Waals surface area (Å²) in [5.74, 6) is 0.459. The lowest BCUT2D eigenvalue weighted by Crippen LogP contribution is -1.98. The van der Waals surface area contributed by atoms with Gasteiger partial charge in [-0.15, -0.1) is 0 Å². The molecule has 0 N–H and O–H groups in total. The van der Waals surface area contributed by atoms with Crippen LogP contribution in [-0.2, 0) is 0 Å². The van der Waals surface area contributed by atoms with Gasteiger partial charge in [0.1, 0.15) is 5.65 Å². The van der Waals surface area contributed by atoms with Crippen molar-refractivity contribution in [2.75, 3.05) is 0 Å². The largest absolute Gasteiger partial charge is 0.299 e. The van der Waals surface area contributed by atoms with Gasteiger partial charge in [0.05, 0.1) is 11.0 Å². The monoisotopic (exact) mass is 275 g/mol. The third-order valence-electron chi connectivity index (χ3n) is 4.22. The second-order valence-corrected chi connectivity index (χ2v) is 5.87. The molecule has 0 saturated carbocycles. The lowest BCUT2D eigenvalue weighted by Gasteiger charge is -2.14. The standard InChI is InChI=1S/C18H17N3/c1-11(2)13-5-4-6-14-16(13)17-15(12(3)7-8-19-17)18-20-9-10-21(14)18/h4-11H,1-3H3. The Balaban J connectivity index is 2.42. The van der Waals surface area contributed by atoms with E-state index in [-0.39, 0.29) is 0 Å². The number of rotatable bonds is 1.